The number of amides is 1. The fourth-order valence-corrected chi connectivity index (χ4v) is 2.14. The molecule has 0 bridgehead atoms. The highest BCUT2D eigenvalue weighted by molar-refractivity contribution is 5.85. The zero-order valence-corrected chi connectivity index (χ0v) is 13.7. The number of carbonyl (C=O) groups excluding carboxylic acids is 1. The first kappa shape index (κ1) is 23.0. The van der Waals surface area contributed by atoms with Crippen molar-refractivity contribution in [2.45, 2.75) is 38.4 Å². The first-order valence-electron chi connectivity index (χ1n) is 6.60. The lowest BCUT2D eigenvalue weighted by molar-refractivity contribution is -0.145. The van der Waals surface area contributed by atoms with E-state index in [1.165, 1.54) is 4.90 Å². The van der Waals surface area contributed by atoms with Crippen molar-refractivity contribution in [3.63, 3.8) is 0 Å². The van der Waals surface area contributed by atoms with E-state index in [2.05, 4.69) is 0 Å². The van der Waals surface area contributed by atoms with Crippen molar-refractivity contribution in [3.05, 3.63) is 0 Å². The Morgan fingerprint density at radius 3 is 2.33 bits per heavy atom. The Bertz CT molecular complexity index is 304. The van der Waals surface area contributed by atoms with E-state index in [1.807, 2.05) is 6.92 Å². The van der Waals surface area contributed by atoms with Gasteiger partial charge in [0.1, 0.15) is 0 Å². The molecule has 1 unspecified atom stereocenters. The summed E-state index contributed by atoms with van der Waals surface area (Å²) in [7, 11) is 0. The third-order valence-electron chi connectivity index (χ3n) is 3.16. The number of hydrogen-bond acceptors (Lipinski definition) is 3. The highest BCUT2D eigenvalue weighted by atomic mass is 35.5. The molecule has 0 aromatic rings. The molecule has 4 nitrogen and oxygen atoms in total. The van der Waals surface area contributed by atoms with Gasteiger partial charge in [-0.05, 0) is 19.8 Å². The van der Waals surface area contributed by atoms with Gasteiger partial charge in [0.15, 0.2) is 0 Å². The molecule has 1 saturated heterocycles. The van der Waals surface area contributed by atoms with Crippen molar-refractivity contribution in [1.82, 2.24) is 9.80 Å². The molecular formula is C12H24Cl2F3N3O. The number of nitrogens with two attached hydrogens (primary N) is 1. The third kappa shape index (κ3) is 10.2. The van der Waals surface area contributed by atoms with E-state index >= 15 is 0 Å². The predicted molar refractivity (Wildman–Crippen MR) is 81.1 cm³/mol. The summed E-state index contributed by atoms with van der Waals surface area (Å²) < 4.78 is 36.9. The summed E-state index contributed by atoms with van der Waals surface area (Å²) in [5, 5.41) is 0. The standard InChI is InChI=1S/C12H22F3N3O.2ClH/c1-10(16)3-4-11(19)18-6-2-5-17(7-8-18)9-12(13,14)15;;/h10H,2-9,16H2,1H3;2*1H. The summed E-state index contributed by atoms with van der Waals surface area (Å²) in [5.74, 6) is -0.00819. The van der Waals surface area contributed by atoms with E-state index < -0.39 is 12.7 Å². The van der Waals surface area contributed by atoms with Crippen LogP contribution in [0.15, 0.2) is 0 Å². The molecule has 1 atom stereocenters. The maximum Gasteiger partial charge on any atom is 0.401 e. The predicted octanol–water partition coefficient (Wildman–Crippen LogP) is 2.05. The molecule has 0 saturated carbocycles. The van der Waals surface area contributed by atoms with Gasteiger partial charge >= 0.3 is 6.18 Å². The van der Waals surface area contributed by atoms with Gasteiger partial charge in [0.25, 0.3) is 0 Å². The van der Waals surface area contributed by atoms with Crippen molar-refractivity contribution in [3.8, 4) is 0 Å². The molecule has 1 heterocycles. The molecule has 0 spiro atoms. The van der Waals surface area contributed by atoms with Gasteiger partial charge in [-0.15, -0.1) is 24.8 Å². The second kappa shape index (κ2) is 10.5. The van der Waals surface area contributed by atoms with Gasteiger partial charge in [0, 0.05) is 38.6 Å². The Kier molecular flexibility index (Phi) is 11.5. The topological polar surface area (TPSA) is 49.6 Å². The molecule has 1 rings (SSSR count). The first-order valence-corrected chi connectivity index (χ1v) is 6.60. The highest BCUT2D eigenvalue weighted by Crippen LogP contribution is 2.17. The Labute approximate surface area is 136 Å². The van der Waals surface area contributed by atoms with Crippen molar-refractivity contribution in [2.24, 2.45) is 5.73 Å². The number of alkyl halides is 3. The maximum atomic E-state index is 12.3. The molecule has 21 heavy (non-hydrogen) atoms. The van der Waals surface area contributed by atoms with Crippen LogP contribution in [-0.4, -0.2) is 60.6 Å². The van der Waals surface area contributed by atoms with Gasteiger partial charge in [-0.2, -0.15) is 13.2 Å². The minimum Gasteiger partial charge on any atom is -0.341 e. The van der Waals surface area contributed by atoms with E-state index in [-0.39, 0.29) is 43.3 Å². The van der Waals surface area contributed by atoms with Crippen molar-refractivity contribution in [1.29, 1.82) is 0 Å². The van der Waals surface area contributed by atoms with Gasteiger partial charge in [0.2, 0.25) is 5.91 Å². The normalized spacial score (nSPS) is 18.2. The molecule has 128 valence electrons. The summed E-state index contributed by atoms with van der Waals surface area (Å²) in [6.07, 6.45) is -2.60. The number of rotatable bonds is 4. The van der Waals surface area contributed by atoms with Gasteiger partial charge in [-0.25, -0.2) is 0 Å². The summed E-state index contributed by atoms with van der Waals surface area (Å²) in [6.45, 7) is 2.51. The van der Waals surface area contributed by atoms with Gasteiger partial charge in [-0.1, -0.05) is 0 Å². The molecule has 1 fully saturated rings. The SMILES string of the molecule is CC(N)CCC(=O)N1CCCN(CC(F)(F)F)CC1.Cl.Cl. The Balaban J connectivity index is 0. The molecule has 9 heteroatoms. The van der Waals surface area contributed by atoms with Gasteiger partial charge < -0.3 is 10.6 Å². The molecular weight excluding hydrogens is 330 g/mol. The summed E-state index contributed by atoms with van der Waals surface area (Å²) >= 11 is 0. The Morgan fingerprint density at radius 2 is 1.81 bits per heavy atom. The lowest BCUT2D eigenvalue weighted by Gasteiger charge is -2.23. The zero-order valence-electron chi connectivity index (χ0n) is 12.1. The lowest BCUT2D eigenvalue weighted by atomic mass is 10.2. The average molecular weight is 354 g/mol. The van der Waals surface area contributed by atoms with Crippen molar-refractivity contribution >= 4 is 30.7 Å². The summed E-state index contributed by atoms with van der Waals surface area (Å²) in [4.78, 5) is 14.9. The molecule has 0 radical (unpaired) electrons. The number of carbonyl (C=O) groups is 1. The Hall–Kier alpha value is -0.240. The van der Waals surface area contributed by atoms with Crippen LogP contribution in [-0.2, 0) is 4.79 Å². The second-order valence-electron chi connectivity index (χ2n) is 5.14. The summed E-state index contributed by atoms with van der Waals surface area (Å²) in [6, 6.07) is -0.0299. The maximum absolute atomic E-state index is 12.3. The molecule has 0 aromatic carbocycles. The molecule has 1 aliphatic rings. The van der Waals surface area contributed by atoms with E-state index in [0.717, 1.165) is 0 Å². The smallest absolute Gasteiger partial charge is 0.341 e. The Morgan fingerprint density at radius 1 is 1.19 bits per heavy atom. The molecule has 2 N–H and O–H groups in total. The molecule has 1 amide bonds. The summed E-state index contributed by atoms with van der Waals surface area (Å²) in [5.41, 5.74) is 5.59. The minimum atomic E-state index is -4.17. The molecule has 1 aliphatic heterocycles. The van der Waals surface area contributed by atoms with Crippen LogP contribution in [0.3, 0.4) is 0 Å². The minimum absolute atomic E-state index is 0. The quantitative estimate of drug-likeness (QED) is 0.841. The monoisotopic (exact) mass is 353 g/mol. The van der Waals surface area contributed by atoms with E-state index in [1.54, 1.807) is 4.90 Å². The molecule has 0 aliphatic carbocycles. The van der Waals surface area contributed by atoms with Crippen LogP contribution in [0, 0.1) is 0 Å². The van der Waals surface area contributed by atoms with E-state index in [0.29, 0.717) is 38.9 Å². The number of halogens is 5. The van der Waals surface area contributed by atoms with E-state index in [9.17, 15) is 18.0 Å². The van der Waals surface area contributed by atoms with Gasteiger partial charge in [-0.3, -0.25) is 9.69 Å². The lowest BCUT2D eigenvalue weighted by Crippen LogP contribution is -2.38. The second-order valence-corrected chi connectivity index (χ2v) is 5.14. The van der Waals surface area contributed by atoms with Crippen LogP contribution in [0.2, 0.25) is 0 Å². The zero-order chi connectivity index (χ0) is 14.5. The van der Waals surface area contributed by atoms with Crippen LogP contribution < -0.4 is 5.73 Å². The first-order chi connectivity index (χ1) is 8.78. The largest absolute Gasteiger partial charge is 0.401 e. The fourth-order valence-electron chi connectivity index (χ4n) is 2.14. The number of nitrogens with zero attached hydrogens (tertiary/aromatic N) is 2. The number of hydrogen-bond donors (Lipinski definition) is 1. The fraction of sp³-hybridized carbons (Fsp3) is 0.917. The van der Waals surface area contributed by atoms with Crippen LogP contribution in [0.25, 0.3) is 0 Å². The van der Waals surface area contributed by atoms with E-state index in [4.69, 9.17) is 5.73 Å². The highest BCUT2D eigenvalue weighted by Gasteiger charge is 2.31. The third-order valence-corrected chi connectivity index (χ3v) is 3.16. The van der Waals surface area contributed by atoms with Crippen LogP contribution in [0.1, 0.15) is 26.2 Å². The van der Waals surface area contributed by atoms with Gasteiger partial charge in [0.05, 0.1) is 6.54 Å². The van der Waals surface area contributed by atoms with Crippen molar-refractivity contribution in [2.75, 3.05) is 32.7 Å². The average Bonchev–Trinajstić information content (AvgIpc) is 2.49. The van der Waals surface area contributed by atoms with Crippen LogP contribution in [0.5, 0.6) is 0 Å². The van der Waals surface area contributed by atoms with Crippen molar-refractivity contribution < 1.29 is 18.0 Å². The van der Waals surface area contributed by atoms with Crippen LogP contribution in [0.4, 0.5) is 13.2 Å². The molecule has 0 aromatic heterocycles. The van der Waals surface area contributed by atoms with Crippen LogP contribution >= 0.6 is 24.8 Å².